The lowest BCUT2D eigenvalue weighted by atomic mass is 9.97. The number of hydrogen-bond donors (Lipinski definition) is 1. The van der Waals surface area contributed by atoms with Crippen LogP contribution in [0.3, 0.4) is 0 Å². The first-order valence-corrected chi connectivity index (χ1v) is 11.1. The van der Waals surface area contributed by atoms with Crippen LogP contribution in [0, 0.1) is 0 Å². The molecule has 6 heteroatoms. The van der Waals surface area contributed by atoms with Gasteiger partial charge in [-0.2, -0.15) is 0 Å². The molecule has 4 rings (SSSR count). The predicted octanol–water partition coefficient (Wildman–Crippen LogP) is 2.47. The van der Waals surface area contributed by atoms with Crippen molar-refractivity contribution < 1.29 is 9.53 Å². The smallest absolute Gasteiger partial charge is 0.222 e. The third-order valence-corrected chi connectivity index (χ3v) is 7.04. The SMILES string of the molecule is O=C1CC(N2CCOCC2)CC(N2CCCCC[C@@H]2Cc2cccs2)N1. The number of nitrogens with zero attached hydrogens (tertiary/aromatic N) is 2. The number of amides is 1. The van der Waals surface area contributed by atoms with Gasteiger partial charge < -0.3 is 10.1 Å². The summed E-state index contributed by atoms with van der Waals surface area (Å²) in [7, 11) is 0. The van der Waals surface area contributed by atoms with Crippen LogP contribution < -0.4 is 5.32 Å². The Kier molecular flexibility index (Phi) is 6.25. The molecule has 0 spiro atoms. The fourth-order valence-electron chi connectivity index (χ4n) is 4.79. The number of carbonyl (C=O) groups excluding carboxylic acids is 1. The summed E-state index contributed by atoms with van der Waals surface area (Å²) in [5, 5.41) is 5.50. The average molecular weight is 378 g/mol. The van der Waals surface area contributed by atoms with Gasteiger partial charge in [-0.05, 0) is 37.1 Å². The summed E-state index contributed by atoms with van der Waals surface area (Å²) >= 11 is 1.86. The summed E-state index contributed by atoms with van der Waals surface area (Å²) in [5.41, 5.74) is 0. The second-order valence-corrected chi connectivity index (χ2v) is 8.88. The largest absolute Gasteiger partial charge is 0.379 e. The third kappa shape index (κ3) is 4.47. The number of carbonyl (C=O) groups is 1. The second kappa shape index (κ2) is 8.83. The molecule has 144 valence electrons. The minimum absolute atomic E-state index is 0.187. The van der Waals surface area contributed by atoms with Crippen LogP contribution in [0.2, 0.25) is 0 Å². The van der Waals surface area contributed by atoms with Crippen LogP contribution in [0.25, 0.3) is 0 Å². The van der Waals surface area contributed by atoms with E-state index in [4.69, 9.17) is 4.74 Å². The zero-order chi connectivity index (χ0) is 17.8. The molecule has 0 saturated carbocycles. The Hall–Kier alpha value is -0.950. The summed E-state index contributed by atoms with van der Waals surface area (Å²) < 4.78 is 5.50. The van der Waals surface area contributed by atoms with Crippen molar-refractivity contribution >= 4 is 17.2 Å². The molecule has 3 aliphatic rings. The van der Waals surface area contributed by atoms with E-state index in [-0.39, 0.29) is 12.1 Å². The van der Waals surface area contributed by atoms with Crippen molar-refractivity contribution in [3.05, 3.63) is 22.4 Å². The Balaban J connectivity index is 1.47. The number of rotatable bonds is 4. The maximum atomic E-state index is 12.5. The van der Waals surface area contributed by atoms with E-state index in [2.05, 4.69) is 32.6 Å². The first kappa shape index (κ1) is 18.4. The van der Waals surface area contributed by atoms with Crippen molar-refractivity contribution in [1.82, 2.24) is 15.1 Å². The standard InChI is InChI=1S/C20H31N3O2S/c24-20-15-17(22-8-10-25-11-9-22)14-19(21-20)23-7-3-1-2-5-16(23)13-18-6-4-12-26-18/h4,6,12,16-17,19H,1-3,5,7-11,13-15H2,(H,21,24)/t16-,17?,19?/m1/s1. The molecule has 1 aromatic rings. The second-order valence-electron chi connectivity index (χ2n) is 7.85. The van der Waals surface area contributed by atoms with Gasteiger partial charge in [-0.25, -0.2) is 0 Å². The molecular formula is C20H31N3O2S. The number of piperidine rings is 1. The van der Waals surface area contributed by atoms with Crippen molar-refractivity contribution in [2.75, 3.05) is 32.8 Å². The molecule has 1 amide bonds. The molecule has 0 radical (unpaired) electrons. The van der Waals surface area contributed by atoms with Crippen LogP contribution in [0.1, 0.15) is 43.4 Å². The van der Waals surface area contributed by atoms with Crippen LogP contribution in [0.4, 0.5) is 0 Å². The molecule has 5 nitrogen and oxygen atoms in total. The maximum Gasteiger partial charge on any atom is 0.222 e. The fraction of sp³-hybridized carbons (Fsp3) is 0.750. The highest BCUT2D eigenvalue weighted by atomic mass is 32.1. The number of morpholine rings is 1. The molecule has 2 unspecified atom stereocenters. The molecule has 0 aromatic carbocycles. The van der Waals surface area contributed by atoms with Crippen molar-refractivity contribution in [3.63, 3.8) is 0 Å². The molecule has 0 bridgehead atoms. The summed E-state index contributed by atoms with van der Waals surface area (Å²) in [5.74, 6) is 0.219. The topological polar surface area (TPSA) is 44.8 Å². The molecule has 3 atom stereocenters. The number of likely N-dealkylation sites (tertiary alicyclic amines) is 1. The Morgan fingerprint density at radius 3 is 2.88 bits per heavy atom. The highest BCUT2D eigenvalue weighted by molar-refractivity contribution is 7.09. The first-order valence-electron chi connectivity index (χ1n) is 10.2. The Labute approximate surface area is 160 Å². The lowest BCUT2D eigenvalue weighted by Crippen LogP contribution is -2.60. The van der Waals surface area contributed by atoms with E-state index in [9.17, 15) is 4.79 Å². The van der Waals surface area contributed by atoms with Gasteiger partial charge in [0.25, 0.3) is 0 Å². The molecule has 3 saturated heterocycles. The van der Waals surface area contributed by atoms with E-state index in [1.54, 1.807) is 0 Å². The predicted molar refractivity (Wildman–Crippen MR) is 104 cm³/mol. The summed E-state index contributed by atoms with van der Waals surface area (Å²) in [4.78, 5) is 19.0. The fourth-order valence-corrected chi connectivity index (χ4v) is 5.57. The quantitative estimate of drug-likeness (QED) is 0.876. The first-order chi connectivity index (χ1) is 12.8. The minimum atomic E-state index is 0.187. The Bertz CT molecular complexity index is 574. The molecule has 3 aliphatic heterocycles. The molecular weight excluding hydrogens is 346 g/mol. The minimum Gasteiger partial charge on any atom is -0.379 e. The highest BCUT2D eigenvalue weighted by Crippen LogP contribution is 2.28. The zero-order valence-electron chi connectivity index (χ0n) is 15.6. The third-order valence-electron chi connectivity index (χ3n) is 6.15. The molecule has 3 fully saturated rings. The molecule has 1 N–H and O–H groups in total. The number of hydrogen-bond acceptors (Lipinski definition) is 5. The van der Waals surface area contributed by atoms with E-state index < -0.39 is 0 Å². The summed E-state index contributed by atoms with van der Waals surface area (Å²) in [6.07, 6.45) is 8.10. The van der Waals surface area contributed by atoms with Crippen molar-refractivity contribution in [1.29, 1.82) is 0 Å². The van der Waals surface area contributed by atoms with Crippen LogP contribution in [0.15, 0.2) is 17.5 Å². The maximum absolute atomic E-state index is 12.5. The number of nitrogens with one attached hydrogen (secondary N) is 1. The monoisotopic (exact) mass is 377 g/mol. The lowest BCUT2D eigenvalue weighted by Gasteiger charge is -2.44. The van der Waals surface area contributed by atoms with E-state index >= 15 is 0 Å². The Morgan fingerprint density at radius 2 is 2.08 bits per heavy atom. The molecule has 4 heterocycles. The van der Waals surface area contributed by atoms with Gasteiger partial charge in [-0.15, -0.1) is 11.3 Å². The van der Waals surface area contributed by atoms with Gasteiger partial charge in [0.1, 0.15) is 0 Å². The summed E-state index contributed by atoms with van der Waals surface area (Å²) in [6, 6.07) is 5.31. The van der Waals surface area contributed by atoms with E-state index in [1.165, 1.54) is 30.6 Å². The summed E-state index contributed by atoms with van der Waals surface area (Å²) in [6.45, 7) is 4.63. The molecule has 26 heavy (non-hydrogen) atoms. The van der Waals surface area contributed by atoms with Gasteiger partial charge in [0.15, 0.2) is 0 Å². The van der Waals surface area contributed by atoms with Crippen LogP contribution >= 0.6 is 11.3 Å². The highest BCUT2D eigenvalue weighted by Gasteiger charge is 2.37. The van der Waals surface area contributed by atoms with Crippen molar-refractivity contribution in [2.24, 2.45) is 0 Å². The van der Waals surface area contributed by atoms with Crippen molar-refractivity contribution in [3.8, 4) is 0 Å². The van der Waals surface area contributed by atoms with Gasteiger partial charge in [0.05, 0.1) is 19.4 Å². The van der Waals surface area contributed by atoms with Gasteiger partial charge in [0.2, 0.25) is 5.91 Å². The van der Waals surface area contributed by atoms with Gasteiger partial charge in [-0.3, -0.25) is 14.6 Å². The van der Waals surface area contributed by atoms with Gasteiger partial charge >= 0.3 is 0 Å². The lowest BCUT2D eigenvalue weighted by molar-refractivity contribution is -0.129. The number of thiophene rings is 1. The molecule has 0 aliphatic carbocycles. The van der Waals surface area contributed by atoms with Crippen LogP contribution in [0.5, 0.6) is 0 Å². The zero-order valence-corrected chi connectivity index (χ0v) is 16.4. The normalized spacial score (nSPS) is 32.2. The molecule has 1 aromatic heterocycles. The van der Waals surface area contributed by atoms with Gasteiger partial charge in [-0.1, -0.05) is 18.9 Å². The van der Waals surface area contributed by atoms with Crippen molar-refractivity contribution in [2.45, 2.75) is 63.2 Å². The Morgan fingerprint density at radius 1 is 1.19 bits per heavy atom. The van der Waals surface area contributed by atoms with E-state index in [0.717, 1.165) is 45.7 Å². The van der Waals surface area contributed by atoms with Gasteiger partial charge in [0, 0.05) is 43.0 Å². The van der Waals surface area contributed by atoms with Crippen LogP contribution in [-0.2, 0) is 16.0 Å². The van der Waals surface area contributed by atoms with Crippen LogP contribution in [-0.4, -0.2) is 66.8 Å². The average Bonchev–Trinajstić information content (AvgIpc) is 3.06. The van der Waals surface area contributed by atoms with E-state index in [0.29, 0.717) is 18.5 Å². The number of ether oxygens (including phenoxy) is 1. The van der Waals surface area contributed by atoms with E-state index in [1.807, 2.05) is 11.3 Å².